The van der Waals surface area contributed by atoms with E-state index in [0.29, 0.717) is 13.0 Å². The molecule has 2 amide bonds. The predicted octanol–water partition coefficient (Wildman–Crippen LogP) is 2.08. The Balaban J connectivity index is 2.44. The first-order valence-corrected chi connectivity index (χ1v) is 7.14. The number of unbranched alkanes of at least 4 members (excludes halogenated alkanes) is 4. The van der Waals surface area contributed by atoms with Crippen molar-refractivity contribution in [3.63, 3.8) is 0 Å². The summed E-state index contributed by atoms with van der Waals surface area (Å²) in [4.78, 5) is 25.6. The van der Waals surface area contributed by atoms with Gasteiger partial charge in [-0.25, -0.2) is 0 Å². The molecule has 1 aliphatic heterocycles. The summed E-state index contributed by atoms with van der Waals surface area (Å²) >= 11 is 0. The highest BCUT2D eigenvalue weighted by atomic mass is 16.2. The third-order valence-electron chi connectivity index (χ3n) is 3.75. The molecule has 1 fully saturated rings. The van der Waals surface area contributed by atoms with Crippen molar-refractivity contribution >= 4 is 11.8 Å². The maximum absolute atomic E-state index is 12.3. The zero-order valence-electron chi connectivity index (χ0n) is 11.9. The Morgan fingerprint density at radius 3 is 2.44 bits per heavy atom. The summed E-state index contributed by atoms with van der Waals surface area (Å²) in [5.41, 5.74) is -0.696. The lowest BCUT2D eigenvalue weighted by molar-refractivity contribution is -0.149. The van der Waals surface area contributed by atoms with E-state index in [4.69, 9.17) is 0 Å². The van der Waals surface area contributed by atoms with Gasteiger partial charge in [0.05, 0.1) is 6.54 Å². The molecule has 1 unspecified atom stereocenters. The van der Waals surface area contributed by atoms with Crippen LogP contribution >= 0.6 is 0 Å². The Morgan fingerprint density at radius 2 is 1.83 bits per heavy atom. The number of piperazine rings is 1. The highest BCUT2D eigenvalue weighted by Crippen LogP contribution is 2.18. The minimum absolute atomic E-state index is 0.0347. The van der Waals surface area contributed by atoms with E-state index in [1.165, 1.54) is 19.3 Å². The fraction of sp³-hybridized carbons (Fsp3) is 0.857. The first kappa shape index (κ1) is 15.0. The number of nitrogens with zero attached hydrogens (tertiary/aromatic N) is 1. The van der Waals surface area contributed by atoms with E-state index >= 15 is 0 Å². The van der Waals surface area contributed by atoms with Crippen molar-refractivity contribution in [2.75, 3.05) is 13.1 Å². The Kier molecular flexibility index (Phi) is 5.63. The zero-order chi connectivity index (χ0) is 13.6. The van der Waals surface area contributed by atoms with Crippen molar-refractivity contribution in [1.82, 2.24) is 10.2 Å². The van der Waals surface area contributed by atoms with E-state index in [0.717, 1.165) is 12.8 Å². The lowest BCUT2D eigenvalue weighted by Crippen LogP contribution is -2.65. The Hall–Kier alpha value is -1.06. The lowest BCUT2D eigenvalue weighted by atomic mass is 9.94. The molecule has 0 spiro atoms. The molecule has 0 aromatic heterocycles. The van der Waals surface area contributed by atoms with Crippen LogP contribution in [0, 0.1) is 0 Å². The number of amides is 2. The molecule has 0 aromatic rings. The van der Waals surface area contributed by atoms with Gasteiger partial charge in [-0.05, 0) is 19.8 Å². The largest absolute Gasteiger partial charge is 0.340 e. The van der Waals surface area contributed by atoms with Gasteiger partial charge >= 0.3 is 0 Å². The third kappa shape index (κ3) is 3.72. The van der Waals surface area contributed by atoms with E-state index < -0.39 is 5.54 Å². The topological polar surface area (TPSA) is 49.4 Å². The van der Waals surface area contributed by atoms with Gasteiger partial charge in [-0.2, -0.15) is 0 Å². The predicted molar refractivity (Wildman–Crippen MR) is 72.2 cm³/mol. The second-order valence-electron chi connectivity index (χ2n) is 5.37. The summed E-state index contributed by atoms with van der Waals surface area (Å²) in [6.45, 7) is 6.87. The van der Waals surface area contributed by atoms with Gasteiger partial charge in [-0.15, -0.1) is 0 Å². The number of hydrogen-bond acceptors (Lipinski definition) is 2. The highest BCUT2D eigenvalue weighted by molar-refractivity contribution is 5.97. The average Bonchev–Trinajstić information content (AvgIpc) is 2.34. The SMILES string of the molecule is CCCCCCCN1CC(=O)NC(C)(CC)C1=O. The van der Waals surface area contributed by atoms with Gasteiger partial charge in [0, 0.05) is 6.54 Å². The highest BCUT2D eigenvalue weighted by Gasteiger charge is 2.40. The van der Waals surface area contributed by atoms with Gasteiger partial charge in [-0.1, -0.05) is 39.5 Å². The number of carbonyl (C=O) groups is 2. The molecular formula is C14H26N2O2. The maximum Gasteiger partial charge on any atom is 0.248 e. The van der Waals surface area contributed by atoms with E-state index in [-0.39, 0.29) is 18.4 Å². The second-order valence-corrected chi connectivity index (χ2v) is 5.37. The van der Waals surface area contributed by atoms with Crippen LogP contribution in [-0.4, -0.2) is 35.3 Å². The number of hydrogen-bond donors (Lipinski definition) is 1. The van der Waals surface area contributed by atoms with E-state index in [1.807, 2.05) is 13.8 Å². The van der Waals surface area contributed by atoms with Crippen LogP contribution in [0.15, 0.2) is 0 Å². The van der Waals surface area contributed by atoms with Crippen molar-refractivity contribution in [2.24, 2.45) is 0 Å². The van der Waals surface area contributed by atoms with Gasteiger partial charge in [0.2, 0.25) is 11.8 Å². The van der Waals surface area contributed by atoms with Gasteiger partial charge in [-0.3, -0.25) is 9.59 Å². The number of nitrogens with one attached hydrogen (secondary N) is 1. The number of rotatable bonds is 7. The first-order valence-electron chi connectivity index (χ1n) is 7.14. The van der Waals surface area contributed by atoms with Crippen LogP contribution < -0.4 is 5.32 Å². The quantitative estimate of drug-likeness (QED) is 0.707. The fourth-order valence-corrected chi connectivity index (χ4v) is 2.32. The molecule has 0 bridgehead atoms. The van der Waals surface area contributed by atoms with Crippen LogP contribution in [0.4, 0.5) is 0 Å². The maximum atomic E-state index is 12.3. The molecule has 1 N–H and O–H groups in total. The summed E-state index contributed by atoms with van der Waals surface area (Å²) in [5, 5.41) is 2.80. The third-order valence-corrected chi connectivity index (χ3v) is 3.75. The van der Waals surface area contributed by atoms with Gasteiger partial charge in [0.15, 0.2) is 0 Å². The van der Waals surface area contributed by atoms with Crippen molar-refractivity contribution in [2.45, 2.75) is 64.8 Å². The standard InChI is InChI=1S/C14H26N2O2/c1-4-6-7-8-9-10-16-11-12(17)15-14(3,5-2)13(16)18/h4-11H2,1-3H3,(H,15,17). The van der Waals surface area contributed by atoms with Crippen molar-refractivity contribution in [3.05, 3.63) is 0 Å². The molecule has 0 radical (unpaired) electrons. The molecule has 0 aromatic carbocycles. The van der Waals surface area contributed by atoms with Gasteiger partial charge in [0.1, 0.15) is 5.54 Å². The molecular weight excluding hydrogens is 228 g/mol. The molecule has 0 aliphatic carbocycles. The van der Waals surface area contributed by atoms with Crippen LogP contribution in [-0.2, 0) is 9.59 Å². The van der Waals surface area contributed by atoms with E-state index in [2.05, 4.69) is 12.2 Å². The molecule has 1 heterocycles. The van der Waals surface area contributed by atoms with E-state index in [1.54, 1.807) is 4.90 Å². The average molecular weight is 254 g/mol. The van der Waals surface area contributed by atoms with Crippen molar-refractivity contribution in [3.8, 4) is 0 Å². The Labute approximate surface area is 110 Å². The number of carbonyl (C=O) groups excluding carboxylic acids is 2. The fourth-order valence-electron chi connectivity index (χ4n) is 2.32. The summed E-state index contributed by atoms with van der Waals surface area (Å²) in [7, 11) is 0. The normalized spacial score (nSPS) is 24.3. The monoisotopic (exact) mass is 254 g/mol. The minimum atomic E-state index is -0.696. The first-order chi connectivity index (χ1) is 8.53. The van der Waals surface area contributed by atoms with Crippen LogP contribution in [0.2, 0.25) is 0 Å². The van der Waals surface area contributed by atoms with Crippen molar-refractivity contribution < 1.29 is 9.59 Å². The lowest BCUT2D eigenvalue weighted by Gasteiger charge is -2.39. The van der Waals surface area contributed by atoms with Crippen LogP contribution in [0.1, 0.15) is 59.3 Å². The van der Waals surface area contributed by atoms with Gasteiger partial charge in [0.25, 0.3) is 0 Å². The Bertz CT molecular complexity index is 304. The molecule has 18 heavy (non-hydrogen) atoms. The zero-order valence-corrected chi connectivity index (χ0v) is 11.9. The molecule has 4 nitrogen and oxygen atoms in total. The molecule has 104 valence electrons. The second kappa shape index (κ2) is 6.76. The smallest absolute Gasteiger partial charge is 0.248 e. The van der Waals surface area contributed by atoms with Crippen molar-refractivity contribution in [1.29, 1.82) is 0 Å². The van der Waals surface area contributed by atoms with Crippen LogP contribution in [0.25, 0.3) is 0 Å². The molecule has 1 saturated heterocycles. The van der Waals surface area contributed by atoms with E-state index in [9.17, 15) is 9.59 Å². The van der Waals surface area contributed by atoms with Gasteiger partial charge < -0.3 is 10.2 Å². The summed E-state index contributed by atoms with van der Waals surface area (Å²) in [6, 6.07) is 0. The van der Waals surface area contributed by atoms with Crippen LogP contribution in [0.3, 0.4) is 0 Å². The molecule has 1 rings (SSSR count). The summed E-state index contributed by atoms with van der Waals surface area (Å²) in [6.07, 6.45) is 6.47. The summed E-state index contributed by atoms with van der Waals surface area (Å²) in [5.74, 6) is 0.0348. The Morgan fingerprint density at radius 1 is 1.17 bits per heavy atom. The molecule has 4 heteroatoms. The summed E-state index contributed by atoms with van der Waals surface area (Å²) < 4.78 is 0. The molecule has 0 saturated carbocycles. The molecule has 1 aliphatic rings. The minimum Gasteiger partial charge on any atom is -0.340 e. The van der Waals surface area contributed by atoms with Crippen LogP contribution in [0.5, 0.6) is 0 Å². The molecule has 1 atom stereocenters.